The number of hydrogen-bond donors (Lipinski definition) is 2. The van der Waals surface area contributed by atoms with Gasteiger partial charge in [0.2, 0.25) is 0 Å². The van der Waals surface area contributed by atoms with E-state index in [0.717, 1.165) is 12.1 Å². The molecular weight excluding hydrogens is 505 g/mol. The predicted octanol–water partition coefficient (Wildman–Crippen LogP) is 4.80. The molecule has 180 valence electrons. The molecule has 1 atom stereocenters. The first-order chi connectivity index (χ1) is 16.7. The van der Waals surface area contributed by atoms with Crippen LogP contribution in [0.4, 0.5) is 18.9 Å². The highest BCUT2D eigenvalue weighted by atomic mass is 35.5. The first kappa shape index (κ1) is 24.4. The first-order valence-corrected chi connectivity index (χ1v) is 11.9. The van der Waals surface area contributed by atoms with Gasteiger partial charge >= 0.3 is 0 Å². The summed E-state index contributed by atoms with van der Waals surface area (Å²) >= 11 is 6.02. The van der Waals surface area contributed by atoms with Gasteiger partial charge in [-0.2, -0.15) is 0 Å². The summed E-state index contributed by atoms with van der Waals surface area (Å²) in [6.45, 7) is -1.20. The van der Waals surface area contributed by atoms with Gasteiger partial charge in [0.15, 0.2) is 0 Å². The molecule has 12 heteroatoms. The van der Waals surface area contributed by atoms with Crippen molar-refractivity contribution in [1.82, 2.24) is 15.3 Å². The number of anilines is 1. The summed E-state index contributed by atoms with van der Waals surface area (Å²) in [5, 5.41) is 2.41. The molecule has 7 nitrogen and oxygen atoms in total. The highest BCUT2D eigenvalue weighted by Crippen LogP contribution is 2.28. The van der Waals surface area contributed by atoms with Crippen molar-refractivity contribution in [2.45, 2.75) is 10.9 Å². The second-order valence-electron chi connectivity index (χ2n) is 7.32. The normalized spacial score (nSPS) is 12.3. The lowest BCUT2D eigenvalue weighted by atomic mass is 10.1. The zero-order valence-corrected chi connectivity index (χ0v) is 19.2. The number of halogens is 4. The zero-order chi connectivity index (χ0) is 25.2. The third kappa shape index (κ3) is 5.20. The molecule has 1 aromatic heterocycles. The molecule has 35 heavy (non-hydrogen) atoms. The Morgan fingerprint density at radius 3 is 2.54 bits per heavy atom. The minimum absolute atomic E-state index is 0.111. The van der Waals surface area contributed by atoms with E-state index < -0.39 is 40.3 Å². The number of rotatable bonds is 7. The number of alkyl halides is 1. The fourth-order valence-corrected chi connectivity index (χ4v) is 4.81. The van der Waals surface area contributed by atoms with E-state index in [1.807, 2.05) is 0 Å². The first-order valence-electron chi connectivity index (χ1n) is 10.0. The lowest BCUT2D eigenvalue weighted by Crippen LogP contribution is -2.31. The van der Waals surface area contributed by atoms with E-state index in [0.29, 0.717) is 11.6 Å². The average Bonchev–Trinajstić information content (AvgIpc) is 2.82. The van der Waals surface area contributed by atoms with Crippen LogP contribution in [0.15, 0.2) is 71.9 Å². The maximum absolute atomic E-state index is 14.1. The number of aromatic nitrogens is 2. The van der Waals surface area contributed by atoms with Gasteiger partial charge in [-0.05, 0) is 36.4 Å². The summed E-state index contributed by atoms with van der Waals surface area (Å²) in [5.41, 5.74) is -0.225. The maximum Gasteiger partial charge on any atom is 0.264 e. The molecule has 0 aliphatic rings. The van der Waals surface area contributed by atoms with Crippen LogP contribution >= 0.6 is 11.6 Å². The topological polar surface area (TPSA) is 101 Å². The van der Waals surface area contributed by atoms with Crippen LogP contribution in [0.5, 0.6) is 0 Å². The Hall–Kier alpha value is -3.70. The summed E-state index contributed by atoms with van der Waals surface area (Å²) in [6.07, 6.45) is 2.75. The van der Waals surface area contributed by atoms with E-state index in [1.165, 1.54) is 42.7 Å². The molecule has 0 aliphatic carbocycles. The molecule has 0 bridgehead atoms. The number of carbonyl (C=O) groups excluding carboxylic acids is 1. The van der Waals surface area contributed by atoms with Crippen molar-refractivity contribution >= 4 is 44.3 Å². The van der Waals surface area contributed by atoms with Crippen LogP contribution in [-0.4, -0.2) is 31.0 Å². The Morgan fingerprint density at radius 1 is 1.03 bits per heavy atom. The molecule has 0 fully saturated rings. The van der Waals surface area contributed by atoms with Gasteiger partial charge in [0.05, 0.1) is 22.8 Å². The second-order valence-corrected chi connectivity index (χ2v) is 9.41. The minimum Gasteiger partial charge on any atom is -0.342 e. The van der Waals surface area contributed by atoms with Crippen molar-refractivity contribution in [3.05, 3.63) is 94.8 Å². The fraction of sp³-hybridized carbons (Fsp3) is 0.0870. The minimum atomic E-state index is -4.28. The molecule has 0 radical (unpaired) electrons. The van der Waals surface area contributed by atoms with Crippen molar-refractivity contribution < 1.29 is 26.4 Å². The van der Waals surface area contributed by atoms with Crippen LogP contribution in [0.3, 0.4) is 0 Å². The van der Waals surface area contributed by atoms with Crippen molar-refractivity contribution in [2.24, 2.45) is 0 Å². The highest BCUT2D eigenvalue weighted by Gasteiger charge is 2.25. The number of para-hydroxylation sites is 1. The van der Waals surface area contributed by atoms with Gasteiger partial charge in [0.1, 0.15) is 28.7 Å². The van der Waals surface area contributed by atoms with E-state index >= 15 is 0 Å². The van der Waals surface area contributed by atoms with Crippen LogP contribution in [0.1, 0.15) is 22.0 Å². The molecule has 0 saturated heterocycles. The Balaban J connectivity index is 1.68. The summed E-state index contributed by atoms with van der Waals surface area (Å²) in [7, 11) is -4.28. The molecule has 1 amide bonds. The highest BCUT2D eigenvalue weighted by molar-refractivity contribution is 7.93. The molecule has 4 rings (SSSR count). The largest absolute Gasteiger partial charge is 0.342 e. The van der Waals surface area contributed by atoms with E-state index in [1.54, 1.807) is 6.07 Å². The number of fused-ring (bicyclic) bond motifs is 1. The van der Waals surface area contributed by atoms with E-state index in [9.17, 15) is 26.4 Å². The summed E-state index contributed by atoms with van der Waals surface area (Å²) in [4.78, 5) is 20.9. The monoisotopic (exact) mass is 520 g/mol. The fourth-order valence-electron chi connectivity index (χ4n) is 3.40. The Kier molecular flexibility index (Phi) is 6.90. The quantitative estimate of drug-likeness (QED) is 0.364. The Bertz CT molecular complexity index is 1530. The van der Waals surface area contributed by atoms with Crippen molar-refractivity contribution in [1.29, 1.82) is 0 Å². The smallest absolute Gasteiger partial charge is 0.264 e. The Morgan fingerprint density at radius 2 is 1.80 bits per heavy atom. The van der Waals surface area contributed by atoms with Crippen LogP contribution < -0.4 is 10.0 Å². The van der Waals surface area contributed by atoms with Gasteiger partial charge in [-0.15, -0.1) is 0 Å². The summed E-state index contributed by atoms with van der Waals surface area (Å²) < 4.78 is 69.7. The number of nitrogens with zero attached hydrogens (tertiary/aromatic N) is 2. The van der Waals surface area contributed by atoms with Gasteiger partial charge in [-0.3, -0.25) is 19.5 Å². The number of sulfonamides is 1. The average molecular weight is 521 g/mol. The van der Waals surface area contributed by atoms with Crippen LogP contribution in [-0.2, 0) is 10.0 Å². The molecular formula is C23H16ClF3N4O3S. The van der Waals surface area contributed by atoms with Crippen LogP contribution in [0.25, 0.3) is 11.0 Å². The predicted molar refractivity (Wildman–Crippen MR) is 124 cm³/mol. The second kappa shape index (κ2) is 9.88. The third-order valence-corrected chi connectivity index (χ3v) is 6.65. The molecule has 2 N–H and O–H groups in total. The maximum atomic E-state index is 14.1. The summed E-state index contributed by atoms with van der Waals surface area (Å²) in [6, 6.07) is 9.23. The third-order valence-electron chi connectivity index (χ3n) is 5.02. The molecule has 4 aromatic rings. The van der Waals surface area contributed by atoms with Gasteiger partial charge in [0.25, 0.3) is 15.9 Å². The van der Waals surface area contributed by atoms with E-state index in [4.69, 9.17) is 11.6 Å². The number of hydrogen-bond acceptors (Lipinski definition) is 5. The van der Waals surface area contributed by atoms with Crippen molar-refractivity contribution in [3.63, 3.8) is 0 Å². The number of nitrogens with one attached hydrogen (secondary N) is 2. The molecule has 0 unspecified atom stereocenters. The number of benzene rings is 3. The van der Waals surface area contributed by atoms with Gasteiger partial charge in [0, 0.05) is 29.0 Å². The Labute approximate surface area is 203 Å². The lowest BCUT2D eigenvalue weighted by Gasteiger charge is -2.19. The standard InChI is InChI=1S/C23H16ClF3N4O3S/c24-13-4-6-16(23(32)30-20(12-25)15-7-5-14(26)11-17(15)27)19(10-13)31-35(33,34)21-3-1-2-18-22(21)29-9-8-28-18/h1-11,20,31H,12H2,(H,30,32)/t20-/m1/s1. The van der Waals surface area contributed by atoms with Gasteiger partial charge in [-0.25, -0.2) is 21.6 Å². The lowest BCUT2D eigenvalue weighted by molar-refractivity contribution is 0.0930. The molecule has 3 aromatic carbocycles. The van der Waals surface area contributed by atoms with Gasteiger partial charge in [-0.1, -0.05) is 23.7 Å². The number of amides is 1. The van der Waals surface area contributed by atoms with Gasteiger partial charge < -0.3 is 5.32 Å². The van der Waals surface area contributed by atoms with E-state index in [-0.39, 0.29) is 32.2 Å². The van der Waals surface area contributed by atoms with Crippen LogP contribution in [0.2, 0.25) is 5.02 Å². The molecule has 0 aliphatic heterocycles. The zero-order valence-electron chi connectivity index (χ0n) is 17.7. The van der Waals surface area contributed by atoms with Crippen LogP contribution in [0, 0.1) is 11.6 Å². The molecule has 0 spiro atoms. The number of carbonyl (C=O) groups is 1. The van der Waals surface area contributed by atoms with Crippen molar-refractivity contribution in [3.8, 4) is 0 Å². The summed E-state index contributed by atoms with van der Waals surface area (Å²) in [5.74, 6) is -2.81. The SMILES string of the molecule is O=C(N[C@H](CF)c1ccc(F)cc1F)c1ccc(Cl)cc1NS(=O)(=O)c1cccc2nccnc12. The van der Waals surface area contributed by atoms with E-state index in [2.05, 4.69) is 20.0 Å². The van der Waals surface area contributed by atoms with Crippen molar-refractivity contribution in [2.75, 3.05) is 11.4 Å². The molecule has 0 saturated carbocycles. The molecule has 1 heterocycles.